The molecule has 32 heavy (non-hydrogen) atoms. The van der Waals surface area contributed by atoms with Gasteiger partial charge in [-0.15, -0.1) is 0 Å². The summed E-state index contributed by atoms with van der Waals surface area (Å²) < 4.78 is 16.7. The maximum Gasteiger partial charge on any atom is 0.371 e. The first kappa shape index (κ1) is 20.8. The van der Waals surface area contributed by atoms with Crippen LogP contribution in [-0.4, -0.2) is 27.7 Å². The number of aromatic carboxylic acids is 1. The van der Waals surface area contributed by atoms with Crippen LogP contribution < -0.4 is 9.47 Å². The predicted molar refractivity (Wildman–Crippen MR) is 117 cm³/mol. The molecule has 160 valence electrons. The number of rotatable bonds is 8. The van der Waals surface area contributed by atoms with Crippen LogP contribution in [0.5, 0.6) is 11.5 Å². The van der Waals surface area contributed by atoms with E-state index in [4.69, 9.17) is 19.0 Å². The summed E-state index contributed by atoms with van der Waals surface area (Å²) >= 11 is 0. The number of carboxylic acid groups (broad SMARTS) is 1. The number of allylic oxidation sites excluding steroid dienone is 1. The fourth-order valence-electron chi connectivity index (χ4n) is 3.12. The van der Waals surface area contributed by atoms with E-state index < -0.39 is 5.97 Å². The van der Waals surface area contributed by atoms with E-state index in [9.17, 15) is 10.1 Å². The Morgan fingerprint density at radius 3 is 2.75 bits per heavy atom. The van der Waals surface area contributed by atoms with Gasteiger partial charge in [0.15, 0.2) is 11.5 Å². The molecule has 0 aliphatic rings. The average Bonchev–Trinajstić information content (AvgIpc) is 3.44. The van der Waals surface area contributed by atoms with Gasteiger partial charge < -0.3 is 24.0 Å². The van der Waals surface area contributed by atoms with E-state index in [0.717, 1.165) is 16.6 Å². The summed E-state index contributed by atoms with van der Waals surface area (Å²) in [6.07, 6.45) is 1.72. The smallest absolute Gasteiger partial charge is 0.371 e. The molecule has 0 spiro atoms. The first-order valence-corrected chi connectivity index (χ1v) is 9.86. The van der Waals surface area contributed by atoms with Crippen molar-refractivity contribution in [3.8, 4) is 17.6 Å². The minimum absolute atomic E-state index is 0.0466. The van der Waals surface area contributed by atoms with E-state index in [-0.39, 0.29) is 12.4 Å². The minimum atomic E-state index is -1.14. The van der Waals surface area contributed by atoms with Crippen LogP contribution in [0.3, 0.4) is 0 Å². The number of nitrogens with zero attached hydrogens (tertiary/aromatic N) is 2. The van der Waals surface area contributed by atoms with E-state index in [1.165, 1.54) is 6.07 Å². The Kier molecular flexibility index (Phi) is 5.90. The second kappa shape index (κ2) is 9.10. The largest absolute Gasteiger partial charge is 0.490 e. The quantitative estimate of drug-likeness (QED) is 0.382. The number of furan rings is 1. The highest BCUT2D eigenvalue weighted by molar-refractivity contribution is 5.90. The van der Waals surface area contributed by atoms with Crippen molar-refractivity contribution in [1.29, 1.82) is 5.26 Å². The average molecular weight is 429 g/mol. The van der Waals surface area contributed by atoms with Crippen molar-refractivity contribution in [2.75, 3.05) is 6.61 Å². The molecule has 0 amide bonds. The number of carboxylic acids is 1. The molecule has 0 aliphatic heterocycles. The lowest BCUT2D eigenvalue weighted by molar-refractivity contribution is 0.0658. The van der Waals surface area contributed by atoms with Crippen LogP contribution in [0.4, 0.5) is 0 Å². The number of H-pyrrole nitrogens is 1. The van der Waals surface area contributed by atoms with E-state index in [2.05, 4.69) is 16.0 Å². The van der Waals surface area contributed by atoms with Gasteiger partial charge in [-0.05, 0) is 55.0 Å². The van der Waals surface area contributed by atoms with Crippen LogP contribution in [0.15, 0.2) is 59.0 Å². The number of hydrogen-bond acceptors (Lipinski definition) is 6. The molecule has 8 heteroatoms. The lowest BCUT2D eigenvalue weighted by Crippen LogP contribution is -1.99. The molecule has 2 heterocycles. The number of ether oxygens (including phenoxy) is 2. The van der Waals surface area contributed by atoms with Crippen molar-refractivity contribution < 1.29 is 23.8 Å². The van der Waals surface area contributed by atoms with Gasteiger partial charge in [0.2, 0.25) is 5.76 Å². The molecule has 0 fully saturated rings. The topological polar surface area (TPSA) is 121 Å². The number of aromatic nitrogens is 2. The zero-order valence-electron chi connectivity index (χ0n) is 17.2. The summed E-state index contributed by atoms with van der Waals surface area (Å²) in [5, 5.41) is 18.6. The third kappa shape index (κ3) is 4.47. The molecule has 4 aromatic rings. The van der Waals surface area contributed by atoms with Gasteiger partial charge in [0.05, 0.1) is 23.2 Å². The summed E-state index contributed by atoms with van der Waals surface area (Å²) in [7, 11) is 0. The maximum atomic E-state index is 10.9. The van der Waals surface area contributed by atoms with Crippen molar-refractivity contribution in [3.05, 3.63) is 77.5 Å². The normalized spacial score (nSPS) is 11.3. The van der Waals surface area contributed by atoms with Gasteiger partial charge in [-0.25, -0.2) is 9.78 Å². The maximum absolute atomic E-state index is 10.9. The predicted octanol–water partition coefficient (Wildman–Crippen LogP) is 4.90. The Balaban J connectivity index is 1.58. The SMILES string of the molecule is CCOc1cc(C=C(C#N)c2nc3ccccc3[nH]2)ccc1OCc1ccc(C(=O)O)o1. The number of imidazole rings is 1. The molecule has 0 saturated carbocycles. The summed E-state index contributed by atoms with van der Waals surface area (Å²) in [6.45, 7) is 2.32. The van der Waals surface area contributed by atoms with Gasteiger partial charge in [-0.3, -0.25) is 0 Å². The number of nitrogens with one attached hydrogen (secondary N) is 1. The molecule has 4 rings (SSSR count). The Morgan fingerprint density at radius 1 is 1.19 bits per heavy atom. The number of benzene rings is 2. The molecule has 0 bridgehead atoms. The Hall–Kier alpha value is -4.51. The van der Waals surface area contributed by atoms with Crippen LogP contribution in [0.25, 0.3) is 22.7 Å². The first-order valence-electron chi connectivity index (χ1n) is 9.86. The molecule has 0 saturated heterocycles. The van der Waals surface area contributed by atoms with E-state index in [1.807, 2.05) is 31.2 Å². The van der Waals surface area contributed by atoms with Gasteiger partial charge in [0.1, 0.15) is 24.3 Å². The Bertz CT molecular complexity index is 1310. The minimum Gasteiger partial charge on any atom is -0.490 e. The number of para-hydroxylation sites is 2. The number of hydrogen-bond donors (Lipinski definition) is 2. The number of aromatic amines is 1. The molecule has 2 aromatic carbocycles. The summed E-state index contributed by atoms with van der Waals surface area (Å²) in [5.74, 6) is 0.543. The van der Waals surface area contributed by atoms with Crippen LogP contribution in [-0.2, 0) is 6.61 Å². The van der Waals surface area contributed by atoms with Crippen LogP contribution in [0.1, 0.15) is 34.6 Å². The molecule has 2 N–H and O–H groups in total. The molecule has 0 aliphatic carbocycles. The molecule has 0 unspecified atom stereocenters. The van der Waals surface area contributed by atoms with Crippen LogP contribution in [0.2, 0.25) is 0 Å². The van der Waals surface area contributed by atoms with Crippen molar-refractivity contribution >= 4 is 28.7 Å². The summed E-state index contributed by atoms with van der Waals surface area (Å²) in [5.41, 5.74) is 2.76. The van der Waals surface area contributed by atoms with Gasteiger partial charge in [-0.1, -0.05) is 18.2 Å². The summed E-state index contributed by atoms with van der Waals surface area (Å²) in [6, 6.07) is 18.0. The summed E-state index contributed by atoms with van der Waals surface area (Å²) in [4.78, 5) is 18.6. The third-order valence-electron chi connectivity index (χ3n) is 4.59. The second-order valence-corrected chi connectivity index (χ2v) is 6.77. The molecular weight excluding hydrogens is 410 g/mol. The Labute approximate surface area is 183 Å². The fraction of sp³-hybridized carbons (Fsp3) is 0.125. The highest BCUT2D eigenvalue weighted by Crippen LogP contribution is 2.31. The van der Waals surface area contributed by atoms with Gasteiger partial charge >= 0.3 is 5.97 Å². The molecule has 0 radical (unpaired) electrons. The second-order valence-electron chi connectivity index (χ2n) is 6.77. The standard InChI is InChI=1S/C24H19N3O5/c1-2-30-22-12-15(7-9-20(22)31-14-17-8-10-21(32-17)24(28)29)11-16(13-25)23-26-18-5-3-4-6-19(18)27-23/h3-12H,2,14H2,1H3,(H,26,27)(H,28,29). The zero-order valence-corrected chi connectivity index (χ0v) is 17.2. The highest BCUT2D eigenvalue weighted by Gasteiger charge is 2.12. The van der Waals surface area contributed by atoms with E-state index >= 15 is 0 Å². The molecule has 0 atom stereocenters. The monoisotopic (exact) mass is 429 g/mol. The molecule has 8 nitrogen and oxygen atoms in total. The number of carbonyl (C=O) groups is 1. The fourth-order valence-corrected chi connectivity index (χ4v) is 3.12. The van der Waals surface area contributed by atoms with Gasteiger partial charge in [-0.2, -0.15) is 5.26 Å². The van der Waals surface area contributed by atoms with Gasteiger partial charge in [0, 0.05) is 0 Å². The van der Waals surface area contributed by atoms with Gasteiger partial charge in [0.25, 0.3) is 0 Å². The third-order valence-corrected chi connectivity index (χ3v) is 4.59. The Morgan fingerprint density at radius 2 is 2.03 bits per heavy atom. The van der Waals surface area contributed by atoms with Crippen LogP contribution >= 0.6 is 0 Å². The van der Waals surface area contributed by atoms with Crippen molar-refractivity contribution in [2.24, 2.45) is 0 Å². The number of nitriles is 1. The van der Waals surface area contributed by atoms with E-state index in [0.29, 0.717) is 35.3 Å². The van der Waals surface area contributed by atoms with Crippen molar-refractivity contribution in [3.63, 3.8) is 0 Å². The molecule has 2 aromatic heterocycles. The highest BCUT2D eigenvalue weighted by atomic mass is 16.5. The lowest BCUT2D eigenvalue weighted by atomic mass is 10.1. The van der Waals surface area contributed by atoms with Crippen molar-refractivity contribution in [2.45, 2.75) is 13.5 Å². The first-order chi connectivity index (χ1) is 15.6. The van der Waals surface area contributed by atoms with E-state index in [1.54, 1.807) is 30.3 Å². The van der Waals surface area contributed by atoms with Crippen molar-refractivity contribution in [1.82, 2.24) is 9.97 Å². The number of fused-ring (bicyclic) bond motifs is 1. The zero-order chi connectivity index (χ0) is 22.5. The molecular formula is C24H19N3O5. The van der Waals surface area contributed by atoms with Crippen LogP contribution in [0, 0.1) is 11.3 Å². The lowest BCUT2D eigenvalue weighted by Gasteiger charge is -2.12.